The van der Waals surface area contributed by atoms with Crippen molar-refractivity contribution in [1.29, 1.82) is 5.26 Å². The predicted octanol–water partition coefficient (Wildman–Crippen LogP) is 4.71. The Balaban J connectivity index is 1.56. The number of nitrogens with zero attached hydrogens (tertiary/aromatic N) is 3. The summed E-state index contributed by atoms with van der Waals surface area (Å²) in [4.78, 5) is 31.1. The Hall–Kier alpha value is -2.63. The van der Waals surface area contributed by atoms with Gasteiger partial charge in [0.05, 0.1) is 17.2 Å². The zero-order valence-corrected chi connectivity index (χ0v) is 20.2. The fourth-order valence-corrected chi connectivity index (χ4v) is 5.92. The fraction of sp³-hybridized carbons (Fsp3) is 0.417. The molecule has 0 saturated heterocycles. The van der Waals surface area contributed by atoms with Crippen LogP contribution in [0.2, 0.25) is 0 Å². The van der Waals surface area contributed by atoms with Crippen LogP contribution in [0.5, 0.6) is 0 Å². The average Bonchev–Trinajstić information content (AvgIpc) is 3.22. The van der Waals surface area contributed by atoms with E-state index in [0.29, 0.717) is 28.2 Å². The van der Waals surface area contributed by atoms with Gasteiger partial charge in [0.2, 0.25) is 5.91 Å². The number of hydrogen-bond acceptors (Lipinski definition) is 6. The lowest BCUT2D eigenvalue weighted by molar-refractivity contribution is -0.120. The second kappa shape index (κ2) is 9.08. The summed E-state index contributed by atoms with van der Waals surface area (Å²) in [5.41, 5.74) is 3.42. The number of aryl methyl sites for hydroxylation is 2. The maximum absolute atomic E-state index is 13.2. The highest BCUT2D eigenvalue weighted by Gasteiger charge is 2.33. The van der Waals surface area contributed by atoms with Crippen LogP contribution >= 0.6 is 23.1 Å². The molecule has 2 heterocycles. The summed E-state index contributed by atoms with van der Waals surface area (Å²) < 4.78 is 1.51. The largest absolute Gasteiger partial charge is 0.337 e. The second-order valence-corrected chi connectivity index (χ2v) is 10.3. The Morgan fingerprint density at radius 3 is 2.72 bits per heavy atom. The van der Waals surface area contributed by atoms with Crippen LogP contribution in [0.4, 0.5) is 0 Å². The van der Waals surface area contributed by atoms with Crippen molar-refractivity contribution in [2.45, 2.75) is 56.6 Å². The number of carbonyl (C=O) groups is 1. The van der Waals surface area contributed by atoms with Gasteiger partial charge in [-0.3, -0.25) is 14.2 Å². The quantitative estimate of drug-likeness (QED) is 0.434. The highest BCUT2D eigenvalue weighted by molar-refractivity contribution is 7.99. The maximum atomic E-state index is 13.2. The molecule has 0 radical (unpaired) electrons. The number of rotatable bonds is 5. The standard InChI is InChI=1S/C24H26N4O2S2/c1-15-7-8-17(11-16(15)2)18-12-31-21-20(18)22(30)28(3)23(26-21)32-13-19(29)27-24(14-25)9-5-4-6-10-24/h7-8,11-12H,4-6,9-10,13H2,1-3H3,(H,27,29). The number of hydrogen-bond donors (Lipinski definition) is 1. The van der Waals surface area contributed by atoms with Crippen molar-refractivity contribution in [3.63, 3.8) is 0 Å². The van der Waals surface area contributed by atoms with Gasteiger partial charge in [-0.1, -0.05) is 49.2 Å². The van der Waals surface area contributed by atoms with E-state index >= 15 is 0 Å². The molecule has 1 fully saturated rings. The summed E-state index contributed by atoms with van der Waals surface area (Å²) >= 11 is 2.67. The molecule has 0 unspecified atom stereocenters. The maximum Gasteiger partial charge on any atom is 0.263 e. The smallest absolute Gasteiger partial charge is 0.263 e. The summed E-state index contributed by atoms with van der Waals surface area (Å²) in [5, 5.41) is 15.6. The zero-order valence-electron chi connectivity index (χ0n) is 18.5. The summed E-state index contributed by atoms with van der Waals surface area (Å²) in [6, 6.07) is 8.50. The second-order valence-electron chi connectivity index (χ2n) is 8.48. The number of carbonyl (C=O) groups excluding carboxylic acids is 1. The van der Waals surface area contributed by atoms with Gasteiger partial charge in [-0.25, -0.2) is 4.98 Å². The van der Waals surface area contributed by atoms with Crippen molar-refractivity contribution < 1.29 is 4.79 Å². The topological polar surface area (TPSA) is 87.8 Å². The Kier molecular flexibility index (Phi) is 6.40. The van der Waals surface area contributed by atoms with Crippen LogP contribution in [0, 0.1) is 25.2 Å². The lowest BCUT2D eigenvalue weighted by Crippen LogP contribution is -2.49. The molecule has 0 aliphatic heterocycles. The fourth-order valence-electron chi connectivity index (χ4n) is 4.16. The number of nitriles is 1. The van der Waals surface area contributed by atoms with Gasteiger partial charge < -0.3 is 5.32 Å². The summed E-state index contributed by atoms with van der Waals surface area (Å²) in [5.74, 6) is -0.0836. The summed E-state index contributed by atoms with van der Waals surface area (Å²) in [6.45, 7) is 4.13. The minimum absolute atomic E-state index is 0.116. The Labute approximate surface area is 195 Å². The highest BCUT2D eigenvalue weighted by Crippen LogP contribution is 2.33. The summed E-state index contributed by atoms with van der Waals surface area (Å²) in [6.07, 6.45) is 4.40. The number of fused-ring (bicyclic) bond motifs is 1. The Bertz CT molecular complexity index is 1280. The first-order valence-corrected chi connectivity index (χ1v) is 12.6. The third-order valence-corrected chi connectivity index (χ3v) is 8.13. The highest BCUT2D eigenvalue weighted by atomic mass is 32.2. The molecule has 6 nitrogen and oxygen atoms in total. The molecule has 1 aliphatic rings. The molecule has 1 N–H and O–H groups in total. The number of benzene rings is 1. The van der Waals surface area contributed by atoms with Gasteiger partial charge in [0.25, 0.3) is 5.56 Å². The van der Waals surface area contributed by atoms with Crippen LogP contribution in [0.15, 0.2) is 33.5 Å². The van der Waals surface area contributed by atoms with E-state index < -0.39 is 5.54 Å². The van der Waals surface area contributed by atoms with Crippen LogP contribution in [-0.2, 0) is 11.8 Å². The molecule has 1 amide bonds. The van der Waals surface area contributed by atoms with Gasteiger partial charge in [0.15, 0.2) is 5.16 Å². The lowest BCUT2D eigenvalue weighted by atomic mass is 9.83. The summed E-state index contributed by atoms with van der Waals surface area (Å²) in [7, 11) is 1.69. The van der Waals surface area contributed by atoms with E-state index in [-0.39, 0.29) is 17.2 Å². The lowest BCUT2D eigenvalue weighted by Gasteiger charge is -2.31. The van der Waals surface area contributed by atoms with E-state index in [0.717, 1.165) is 30.4 Å². The van der Waals surface area contributed by atoms with Crippen molar-refractivity contribution in [2.24, 2.45) is 7.05 Å². The molecular weight excluding hydrogens is 440 g/mol. The van der Waals surface area contributed by atoms with Gasteiger partial charge in [0.1, 0.15) is 10.4 Å². The number of thiophene rings is 1. The first-order chi connectivity index (χ1) is 15.3. The molecule has 1 aromatic carbocycles. The minimum Gasteiger partial charge on any atom is -0.337 e. The molecule has 1 saturated carbocycles. The van der Waals surface area contributed by atoms with Crippen LogP contribution in [0.1, 0.15) is 43.2 Å². The van der Waals surface area contributed by atoms with Crippen molar-refractivity contribution in [2.75, 3.05) is 5.75 Å². The van der Waals surface area contributed by atoms with Gasteiger partial charge in [-0.2, -0.15) is 5.26 Å². The van der Waals surface area contributed by atoms with Crippen LogP contribution < -0.4 is 10.9 Å². The molecule has 166 valence electrons. The molecule has 0 spiro atoms. The minimum atomic E-state index is -0.756. The molecule has 4 rings (SSSR count). The van der Waals surface area contributed by atoms with Crippen molar-refractivity contribution in [3.8, 4) is 17.2 Å². The van der Waals surface area contributed by atoms with Gasteiger partial charge in [-0.15, -0.1) is 11.3 Å². The normalized spacial score (nSPS) is 15.4. The van der Waals surface area contributed by atoms with E-state index in [1.807, 2.05) is 11.4 Å². The number of nitrogens with one attached hydrogen (secondary N) is 1. The third-order valence-electron chi connectivity index (χ3n) is 6.22. The van der Waals surface area contributed by atoms with Crippen LogP contribution in [0.25, 0.3) is 21.3 Å². The van der Waals surface area contributed by atoms with Crippen LogP contribution in [0.3, 0.4) is 0 Å². The number of amides is 1. The number of aromatic nitrogens is 2. The monoisotopic (exact) mass is 466 g/mol. The van der Waals surface area contributed by atoms with E-state index in [2.05, 4.69) is 42.4 Å². The van der Waals surface area contributed by atoms with Gasteiger partial charge in [-0.05, 0) is 43.4 Å². The molecule has 8 heteroatoms. The van der Waals surface area contributed by atoms with E-state index in [1.165, 1.54) is 38.8 Å². The Morgan fingerprint density at radius 1 is 1.28 bits per heavy atom. The van der Waals surface area contributed by atoms with E-state index in [4.69, 9.17) is 0 Å². The van der Waals surface area contributed by atoms with Crippen molar-refractivity contribution in [1.82, 2.24) is 14.9 Å². The van der Waals surface area contributed by atoms with E-state index in [9.17, 15) is 14.9 Å². The van der Waals surface area contributed by atoms with E-state index in [1.54, 1.807) is 7.05 Å². The van der Waals surface area contributed by atoms with Crippen molar-refractivity contribution in [3.05, 3.63) is 45.1 Å². The van der Waals surface area contributed by atoms with Crippen molar-refractivity contribution >= 4 is 39.2 Å². The first kappa shape index (κ1) is 22.6. The average molecular weight is 467 g/mol. The molecular formula is C24H26N4O2S2. The zero-order chi connectivity index (χ0) is 22.9. The third kappa shape index (κ3) is 4.32. The van der Waals surface area contributed by atoms with Gasteiger partial charge in [0, 0.05) is 18.0 Å². The van der Waals surface area contributed by atoms with Gasteiger partial charge >= 0.3 is 0 Å². The molecule has 1 aliphatic carbocycles. The molecule has 0 bridgehead atoms. The SMILES string of the molecule is Cc1ccc(-c2csc3nc(SCC(=O)NC4(C#N)CCCCC4)n(C)c(=O)c23)cc1C. The molecule has 3 aromatic rings. The predicted molar refractivity (Wildman–Crippen MR) is 130 cm³/mol. The Morgan fingerprint density at radius 2 is 2.03 bits per heavy atom. The first-order valence-electron chi connectivity index (χ1n) is 10.7. The molecule has 32 heavy (non-hydrogen) atoms. The molecule has 0 atom stereocenters. The molecule has 2 aromatic heterocycles. The number of thioether (sulfide) groups is 1. The van der Waals surface area contributed by atoms with Crippen LogP contribution in [-0.4, -0.2) is 26.8 Å².